The smallest absolute Gasteiger partial charge is 0.165 e. The zero-order chi connectivity index (χ0) is 10.8. The van der Waals surface area contributed by atoms with Crippen LogP contribution in [0.15, 0.2) is 30.5 Å². The molecule has 0 atom stereocenters. The number of aromatic nitrogens is 1. The Morgan fingerprint density at radius 1 is 1.33 bits per heavy atom. The lowest BCUT2D eigenvalue weighted by Gasteiger charge is -1.95. The van der Waals surface area contributed by atoms with Crippen LogP contribution in [0, 0.1) is 0 Å². The first-order chi connectivity index (χ1) is 7.24. The molecule has 0 aliphatic carbocycles. The highest BCUT2D eigenvalue weighted by Crippen LogP contribution is 2.21. The maximum Gasteiger partial charge on any atom is 0.165 e. The molecule has 0 N–H and O–H groups in total. The second kappa shape index (κ2) is 3.89. The van der Waals surface area contributed by atoms with Gasteiger partial charge in [-0.1, -0.05) is 25.1 Å². The molecule has 1 aromatic heterocycles. The van der Waals surface area contributed by atoms with Crippen molar-refractivity contribution >= 4 is 16.7 Å². The molecule has 2 heteroatoms. The molecule has 1 aromatic carbocycles. The molecule has 0 amide bonds. The van der Waals surface area contributed by atoms with Crippen LogP contribution in [-0.4, -0.2) is 10.4 Å². The summed E-state index contributed by atoms with van der Waals surface area (Å²) in [4.78, 5) is 11.9. The van der Waals surface area contributed by atoms with Gasteiger partial charge in [-0.2, -0.15) is 0 Å². The first-order valence-corrected chi connectivity index (χ1v) is 5.31. The van der Waals surface area contributed by atoms with Crippen LogP contribution in [0.1, 0.15) is 30.1 Å². The second-order valence-corrected chi connectivity index (χ2v) is 3.84. The van der Waals surface area contributed by atoms with E-state index in [0.717, 1.165) is 22.9 Å². The Balaban J connectivity index is 2.57. The minimum absolute atomic E-state index is 0.245. The predicted molar refractivity (Wildman–Crippen MR) is 62.2 cm³/mol. The molecular weight excluding hydrogens is 186 g/mol. The van der Waals surface area contributed by atoms with E-state index in [1.54, 1.807) is 0 Å². The summed E-state index contributed by atoms with van der Waals surface area (Å²) in [7, 11) is 1.98. The first-order valence-electron chi connectivity index (χ1n) is 5.31. The van der Waals surface area contributed by atoms with Gasteiger partial charge in [-0.15, -0.1) is 0 Å². The topological polar surface area (TPSA) is 22.0 Å². The van der Waals surface area contributed by atoms with E-state index in [0.29, 0.717) is 6.42 Å². The molecule has 0 spiro atoms. The van der Waals surface area contributed by atoms with Gasteiger partial charge in [0.05, 0.1) is 0 Å². The Morgan fingerprint density at radius 2 is 2.07 bits per heavy atom. The van der Waals surface area contributed by atoms with E-state index in [9.17, 15) is 4.79 Å². The number of benzene rings is 1. The van der Waals surface area contributed by atoms with E-state index in [1.807, 2.05) is 49.0 Å². The third-order valence-corrected chi connectivity index (χ3v) is 2.67. The van der Waals surface area contributed by atoms with Gasteiger partial charge < -0.3 is 4.57 Å². The number of Topliss-reactive ketones (excluding diaryl/α,β-unsaturated/α-hetero) is 1. The third-order valence-electron chi connectivity index (χ3n) is 2.67. The van der Waals surface area contributed by atoms with Gasteiger partial charge in [0.15, 0.2) is 5.78 Å². The SMILES string of the molecule is CCCC(=O)c1cn(C)c2ccccc12. The lowest BCUT2D eigenvalue weighted by molar-refractivity contribution is 0.0983. The Bertz CT molecular complexity index is 496. The van der Waals surface area contributed by atoms with E-state index in [4.69, 9.17) is 0 Å². The number of fused-ring (bicyclic) bond motifs is 1. The van der Waals surface area contributed by atoms with Crippen molar-refractivity contribution in [3.63, 3.8) is 0 Å². The van der Waals surface area contributed by atoms with E-state index < -0.39 is 0 Å². The number of aryl methyl sites for hydroxylation is 1. The Hall–Kier alpha value is -1.57. The number of para-hydroxylation sites is 1. The molecule has 0 bridgehead atoms. The minimum atomic E-state index is 0.245. The normalized spacial score (nSPS) is 10.8. The fourth-order valence-corrected chi connectivity index (χ4v) is 1.93. The van der Waals surface area contributed by atoms with Gasteiger partial charge in [-0.25, -0.2) is 0 Å². The Kier molecular flexibility index (Phi) is 2.58. The van der Waals surface area contributed by atoms with Gasteiger partial charge in [0.25, 0.3) is 0 Å². The zero-order valence-electron chi connectivity index (χ0n) is 9.16. The summed E-state index contributed by atoms with van der Waals surface area (Å²) in [5.74, 6) is 0.245. The van der Waals surface area contributed by atoms with Crippen LogP contribution in [0.25, 0.3) is 10.9 Å². The quantitative estimate of drug-likeness (QED) is 0.699. The molecular formula is C13H15NO. The lowest BCUT2D eigenvalue weighted by atomic mass is 10.1. The van der Waals surface area contributed by atoms with Crippen molar-refractivity contribution in [3.8, 4) is 0 Å². The van der Waals surface area contributed by atoms with Crippen LogP contribution < -0.4 is 0 Å². The number of rotatable bonds is 3. The molecule has 1 heterocycles. The second-order valence-electron chi connectivity index (χ2n) is 3.84. The maximum atomic E-state index is 11.9. The van der Waals surface area contributed by atoms with Crippen molar-refractivity contribution < 1.29 is 4.79 Å². The van der Waals surface area contributed by atoms with Crippen molar-refractivity contribution in [2.24, 2.45) is 7.05 Å². The van der Waals surface area contributed by atoms with Crippen LogP contribution in [0.5, 0.6) is 0 Å². The summed E-state index contributed by atoms with van der Waals surface area (Å²) in [6.07, 6.45) is 3.47. The Morgan fingerprint density at radius 3 is 2.80 bits per heavy atom. The van der Waals surface area contributed by atoms with Gasteiger partial charge in [0.1, 0.15) is 0 Å². The number of hydrogen-bond donors (Lipinski definition) is 0. The monoisotopic (exact) mass is 201 g/mol. The molecule has 0 saturated carbocycles. The van der Waals surface area contributed by atoms with Gasteiger partial charge >= 0.3 is 0 Å². The fourth-order valence-electron chi connectivity index (χ4n) is 1.93. The predicted octanol–water partition coefficient (Wildman–Crippen LogP) is 3.16. The van der Waals surface area contributed by atoms with Crippen LogP contribution >= 0.6 is 0 Å². The summed E-state index contributed by atoms with van der Waals surface area (Å²) < 4.78 is 2.01. The maximum absolute atomic E-state index is 11.9. The van der Waals surface area contributed by atoms with Crippen LogP contribution in [-0.2, 0) is 7.05 Å². The van der Waals surface area contributed by atoms with Crippen LogP contribution in [0.2, 0.25) is 0 Å². The molecule has 78 valence electrons. The number of hydrogen-bond acceptors (Lipinski definition) is 1. The zero-order valence-corrected chi connectivity index (χ0v) is 9.16. The van der Waals surface area contributed by atoms with Crippen molar-refractivity contribution in [1.82, 2.24) is 4.57 Å². The summed E-state index contributed by atoms with van der Waals surface area (Å²) in [5.41, 5.74) is 1.98. The highest BCUT2D eigenvalue weighted by molar-refractivity contribution is 6.08. The van der Waals surface area contributed by atoms with Crippen molar-refractivity contribution in [1.29, 1.82) is 0 Å². The number of carbonyl (C=O) groups excluding carboxylic acids is 1. The highest BCUT2D eigenvalue weighted by atomic mass is 16.1. The van der Waals surface area contributed by atoms with Crippen molar-refractivity contribution in [3.05, 3.63) is 36.0 Å². The molecule has 2 aromatic rings. The summed E-state index contributed by atoms with van der Waals surface area (Å²) >= 11 is 0. The Labute approximate surface area is 89.5 Å². The fraction of sp³-hybridized carbons (Fsp3) is 0.308. The molecule has 15 heavy (non-hydrogen) atoms. The summed E-state index contributed by atoms with van der Waals surface area (Å²) in [6.45, 7) is 2.03. The standard InChI is InChI=1S/C13H15NO/c1-3-6-13(15)11-9-14(2)12-8-5-4-7-10(11)12/h4-5,7-9H,3,6H2,1-2H3. The van der Waals surface area contributed by atoms with Crippen LogP contribution in [0.4, 0.5) is 0 Å². The molecule has 2 nitrogen and oxygen atoms in total. The minimum Gasteiger partial charge on any atom is -0.350 e. The number of carbonyl (C=O) groups is 1. The third kappa shape index (κ3) is 1.67. The lowest BCUT2D eigenvalue weighted by Crippen LogP contribution is -1.96. The van der Waals surface area contributed by atoms with E-state index >= 15 is 0 Å². The van der Waals surface area contributed by atoms with Crippen LogP contribution in [0.3, 0.4) is 0 Å². The van der Waals surface area contributed by atoms with Gasteiger partial charge in [-0.05, 0) is 12.5 Å². The van der Waals surface area contributed by atoms with Gasteiger partial charge in [0, 0.05) is 36.1 Å². The van der Waals surface area contributed by atoms with E-state index in [1.165, 1.54) is 0 Å². The largest absolute Gasteiger partial charge is 0.350 e. The molecule has 2 rings (SSSR count). The van der Waals surface area contributed by atoms with E-state index in [-0.39, 0.29) is 5.78 Å². The van der Waals surface area contributed by atoms with E-state index in [2.05, 4.69) is 0 Å². The molecule has 0 saturated heterocycles. The van der Waals surface area contributed by atoms with Crippen molar-refractivity contribution in [2.45, 2.75) is 19.8 Å². The molecule has 0 fully saturated rings. The summed E-state index contributed by atoms with van der Waals surface area (Å²) in [6, 6.07) is 8.03. The average molecular weight is 201 g/mol. The van der Waals surface area contributed by atoms with Crippen molar-refractivity contribution in [2.75, 3.05) is 0 Å². The van der Waals surface area contributed by atoms with Gasteiger partial charge in [0.2, 0.25) is 0 Å². The molecule has 0 unspecified atom stereocenters. The average Bonchev–Trinajstić information content (AvgIpc) is 2.58. The molecule has 0 aliphatic rings. The summed E-state index contributed by atoms with van der Waals surface area (Å²) in [5, 5.41) is 1.07. The molecule has 0 radical (unpaired) electrons. The molecule has 0 aliphatic heterocycles. The number of nitrogens with zero attached hydrogens (tertiary/aromatic N) is 1. The van der Waals surface area contributed by atoms with Gasteiger partial charge in [-0.3, -0.25) is 4.79 Å². The number of ketones is 1. The highest BCUT2D eigenvalue weighted by Gasteiger charge is 2.11. The first kappa shape index (κ1) is 9.97.